The predicted octanol–water partition coefficient (Wildman–Crippen LogP) is 5.57. The van der Waals surface area contributed by atoms with E-state index in [9.17, 15) is 0 Å². The maximum absolute atomic E-state index is 5.77. The molecule has 118 valence electrons. The summed E-state index contributed by atoms with van der Waals surface area (Å²) in [5.41, 5.74) is 3.70. The van der Waals surface area contributed by atoms with E-state index in [-0.39, 0.29) is 0 Å². The molecular formula is C20H27NO. The van der Waals surface area contributed by atoms with Gasteiger partial charge in [0, 0.05) is 12.2 Å². The highest BCUT2D eigenvalue weighted by Crippen LogP contribution is 2.15. The number of unbranched alkanes of at least 4 members (excludes halogenated alkanes) is 3. The molecule has 0 amide bonds. The number of rotatable bonds is 9. The first-order chi connectivity index (χ1) is 10.8. The Balaban J connectivity index is 1.74. The summed E-state index contributed by atoms with van der Waals surface area (Å²) < 4.78 is 5.77. The van der Waals surface area contributed by atoms with E-state index < -0.39 is 0 Å². The molecule has 2 nitrogen and oxygen atoms in total. The summed E-state index contributed by atoms with van der Waals surface area (Å²) in [6, 6.07) is 16.8. The van der Waals surface area contributed by atoms with Crippen LogP contribution in [0.2, 0.25) is 0 Å². The van der Waals surface area contributed by atoms with Crippen LogP contribution in [0.1, 0.15) is 43.7 Å². The number of hydrogen-bond acceptors (Lipinski definition) is 2. The second kappa shape index (κ2) is 9.14. The van der Waals surface area contributed by atoms with Crippen LogP contribution < -0.4 is 10.1 Å². The summed E-state index contributed by atoms with van der Waals surface area (Å²) >= 11 is 0. The predicted molar refractivity (Wildman–Crippen MR) is 94.6 cm³/mol. The van der Waals surface area contributed by atoms with Gasteiger partial charge >= 0.3 is 0 Å². The fourth-order valence-corrected chi connectivity index (χ4v) is 2.38. The zero-order valence-electron chi connectivity index (χ0n) is 13.8. The van der Waals surface area contributed by atoms with E-state index in [4.69, 9.17) is 4.74 Å². The van der Waals surface area contributed by atoms with Crippen molar-refractivity contribution in [1.29, 1.82) is 0 Å². The molecule has 0 aliphatic rings. The average molecular weight is 297 g/mol. The zero-order valence-corrected chi connectivity index (χ0v) is 13.8. The lowest BCUT2D eigenvalue weighted by molar-refractivity contribution is 0.305. The molecule has 0 aliphatic heterocycles. The summed E-state index contributed by atoms with van der Waals surface area (Å²) in [7, 11) is 0. The van der Waals surface area contributed by atoms with Crippen LogP contribution in [0.25, 0.3) is 0 Å². The molecule has 2 aromatic rings. The largest absolute Gasteiger partial charge is 0.494 e. The molecular weight excluding hydrogens is 270 g/mol. The molecule has 0 fully saturated rings. The third-order valence-corrected chi connectivity index (χ3v) is 3.70. The smallest absolute Gasteiger partial charge is 0.119 e. The maximum Gasteiger partial charge on any atom is 0.119 e. The maximum atomic E-state index is 5.77. The fourth-order valence-electron chi connectivity index (χ4n) is 2.38. The minimum Gasteiger partial charge on any atom is -0.494 e. The van der Waals surface area contributed by atoms with Gasteiger partial charge in [-0.25, -0.2) is 0 Å². The SMILES string of the molecule is CCCCCCOc1ccc(CNc2cccc(C)c2)cc1. The van der Waals surface area contributed by atoms with E-state index in [1.807, 2.05) is 0 Å². The van der Waals surface area contributed by atoms with Crippen LogP contribution in [0.5, 0.6) is 5.75 Å². The van der Waals surface area contributed by atoms with Crippen molar-refractivity contribution < 1.29 is 4.74 Å². The van der Waals surface area contributed by atoms with E-state index in [0.29, 0.717) is 0 Å². The number of benzene rings is 2. The van der Waals surface area contributed by atoms with Gasteiger partial charge in [0.15, 0.2) is 0 Å². The summed E-state index contributed by atoms with van der Waals surface area (Å²) in [6.07, 6.45) is 4.97. The Bertz CT molecular complexity index is 548. The van der Waals surface area contributed by atoms with E-state index in [2.05, 4.69) is 67.7 Å². The number of nitrogens with one attached hydrogen (secondary N) is 1. The minimum absolute atomic E-state index is 0.820. The second-order valence-corrected chi connectivity index (χ2v) is 5.78. The molecule has 0 spiro atoms. The molecule has 0 bridgehead atoms. The highest BCUT2D eigenvalue weighted by Gasteiger charge is 1.97. The highest BCUT2D eigenvalue weighted by atomic mass is 16.5. The minimum atomic E-state index is 0.820. The number of ether oxygens (including phenoxy) is 1. The first-order valence-electron chi connectivity index (χ1n) is 8.30. The lowest BCUT2D eigenvalue weighted by atomic mass is 10.2. The molecule has 2 heteroatoms. The molecule has 2 rings (SSSR count). The Kier molecular flexibility index (Phi) is 6.82. The van der Waals surface area contributed by atoms with E-state index in [0.717, 1.165) is 31.0 Å². The monoisotopic (exact) mass is 297 g/mol. The van der Waals surface area contributed by atoms with Gasteiger partial charge in [-0.05, 0) is 48.7 Å². The van der Waals surface area contributed by atoms with Crippen LogP contribution >= 0.6 is 0 Å². The van der Waals surface area contributed by atoms with Crippen LogP contribution in [0.15, 0.2) is 48.5 Å². The molecule has 2 aromatic carbocycles. The number of anilines is 1. The molecule has 0 radical (unpaired) electrons. The van der Waals surface area contributed by atoms with E-state index in [1.54, 1.807) is 0 Å². The molecule has 0 aromatic heterocycles. The second-order valence-electron chi connectivity index (χ2n) is 5.78. The summed E-state index contributed by atoms with van der Waals surface area (Å²) in [5, 5.41) is 3.45. The van der Waals surface area contributed by atoms with Crippen LogP contribution in [0.3, 0.4) is 0 Å². The van der Waals surface area contributed by atoms with E-state index >= 15 is 0 Å². The van der Waals surface area contributed by atoms with Crippen molar-refractivity contribution in [3.05, 3.63) is 59.7 Å². The van der Waals surface area contributed by atoms with Crippen molar-refractivity contribution in [2.24, 2.45) is 0 Å². The first-order valence-corrected chi connectivity index (χ1v) is 8.30. The summed E-state index contributed by atoms with van der Waals surface area (Å²) in [4.78, 5) is 0. The van der Waals surface area contributed by atoms with Gasteiger partial charge in [0.05, 0.1) is 6.61 Å². The third-order valence-electron chi connectivity index (χ3n) is 3.70. The van der Waals surface area contributed by atoms with Crippen molar-refractivity contribution in [3.8, 4) is 5.75 Å². The quantitative estimate of drug-likeness (QED) is 0.611. The molecule has 0 unspecified atom stereocenters. The summed E-state index contributed by atoms with van der Waals surface area (Å²) in [6.45, 7) is 5.99. The molecule has 0 atom stereocenters. The van der Waals surface area contributed by atoms with Gasteiger partial charge in [0.2, 0.25) is 0 Å². The average Bonchev–Trinajstić information content (AvgIpc) is 2.54. The van der Waals surface area contributed by atoms with Crippen LogP contribution in [-0.4, -0.2) is 6.61 Å². The number of aryl methyl sites for hydroxylation is 1. The normalized spacial score (nSPS) is 10.5. The topological polar surface area (TPSA) is 21.3 Å². The molecule has 0 saturated carbocycles. The van der Waals surface area contributed by atoms with Crippen molar-refractivity contribution in [1.82, 2.24) is 0 Å². The lowest BCUT2D eigenvalue weighted by Crippen LogP contribution is -2.00. The van der Waals surface area contributed by atoms with Crippen molar-refractivity contribution in [2.75, 3.05) is 11.9 Å². The molecule has 1 N–H and O–H groups in total. The van der Waals surface area contributed by atoms with E-state index in [1.165, 1.54) is 30.4 Å². The third kappa shape index (κ3) is 5.80. The van der Waals surface area contributed by atoms with Gasteiger partial charge in [-0.15, -0.1) is 0 Å². The summed E-state index contributed by atoms with van der Waals surface area (Å²) in [5.74, 6) is 0.968. The van der Waals surface area contributed by atoms with Crippen molar-refractivity contribution in [2.45, 2.75) is 46.1 Å². The Morgan fingerprint density at radius 3 is 2.50 bits per heavy atom. The van der Waals surface area contributed by atoms with Crippen LogP contribution in [0, 0.1) is 6.92 Å². The lowest BCUT2D eigenvalue weighted by Gasteiger charge is -2.09. The van der Waals surface area contributed by atoms with Gasteiger partial charge in [-0.1, -0.05) is 50.5 Å². The Labute approximate surface area is 134 Å². The fraction of sp³-hybridized carbons (Fsp3) is 0.400. The molecule has 0 heterocycles. The van der Waals surface area contributed by atoms with Gasteiger partial charge in [0.25, 0.3) is 0 Å². The first kappa shape index (κ1) is 16.4. The molecule has 22 heavy (non-hydrogen) atoms. The Morgan fingerprint density at radius 2 is 1.77 bits per heavy atom. The van der Waals surface area contributed by atoms with Gasteiger partial charge in [-0.2, -0.15) is 0 Å². The Morgan fingerprint density at radius 1 is 0.955 bits per heavy atom. The molecule has 0 saturated heterocycles. The Hall–Kier alpha value is -1.96. The zero-order chi connectivity index (χ0) is 15.6. The number of hydrogen-bond donors (Lipinski definition) is 1. The van der Waals surface area contributed by atoms with Crippen LogP contribution in [0.4, 0.5) is 5.69 Å². The van der Waals surface area contributed by atoms with Crippen molar-refractivity contribution >= 4 is 5.69 Å². The standard InChI is InChI=1S/C20H27NO/c1-3-4-5-6-14-22-20-12-10-18(11-13-20)16-21-19-9-7-8-17(2)15-19/h7-13,15,21H,3-6,14,16H2,1-2H3. The van der Waals surface area contributed by atoms with Crippen LogP contribution in [-0.2, 0) is 6.54 Å². The van der Waals surface area contributed by atoms with Gasteiger partial charge in [0.1, 0.15) is 5.75 Å². The molecule has 0 aliphatic carbocycles. The van der Waals surface area contributed by atoms with Gasteiger partial charge in [-0.3, -0.25) is 0 Å². The van der Waals surface area contributed by atoms with Gasteiger partial charge < -0.3 is 10.1 Å². The highest BCUT2D eigenvalue weighted by molar-refractivity contribution is 5.46. The van der Waals surface area contributed by atoms with Crippen molar-refractivity contribution in [3.63, 3.8) is 0 Å².